The molecule has 5 rings (SSSR count). The summed E-state index contributed by atoms with van der Waals surface area (Å²) in [5, 5.41) is 0.628. The minimum absolute atomic E-state index is 0.0252. The van der Waals surface area contributed by atoms with Crippen molar-refractivity contribution in [3.8, 4) is 0 Å². The number of benzene rings is 2. The van der Waals surface area contributed by atoms with Gasteiger partial charge in [-0.25, -0.2) is 4.79 Å². The van der Waals surface area contributed by atoms with Gasteiger partial charge in [0, 0.05) is 48.7 Å². The number of anilines is 1. The smallest absolute Gasteiger partial charge is 0.333 e. The van der Waals surface area contributed by atoms with E-state index in [9.17, 15) is 14.4 Å². The van der Waals surface area contributed by atoms with Crippen molar-refractivity contribution < 1.29 is 24.1 Å². The number of hydrogen-bond donors (Lipinski definition) is 1. The Hall–Kier alpha value is -3.97. The summed E-state index contributed by atoms with van der Waals surface area (Å²) in [6, 6.07) is 17.6. The number of allylic oxidation sites excluding steroid dienone is 5. The highest BCUT2D eigenvalue weighted by Crippen LogP contribution is 2.46. The molecule has 226 valence electrons. The first-order valence-electron chi connectivity index (χ1n) is 15.4. The standard InChI is InChI=1S/C36H43N3O4/c1-35(2)26-16-11-13-18-28(26)37(5)30(35)20-8-6-9-21-31-36(3,4)27-17-12-14-19-29(27)38(31)25-15-7-10-22-34(42)43-39-32(40)23-24-33(39)41/h6,8-9,11-14,16-21,31H,7,10,15,22-25H2,1-5H3/p+1/b8-6+,21-9+,30-20-. The number of amides is 2. The number of nitrogens with zero attached hydrogens (tertiary/aromatic N) is 2. The van der Waals surface area contributed by atoms with Gasteiger partial charge < -0.3 is 9.74 Å². The van der Waals surface area contributed by atoms with Gasteiger partial charge in [0.05, 0.1) is 12.0 Å². The molecule has 7 nitrogen and oxygen atoms in total. The lowest BCUT2D eigenvalue weighted by Crippen LogP contribution is -3.10. The molecule has 3 aliphatic heterocycles. The molecule has 0 bridgehead atoms. The van der Waals surface area contributed by atoms with Crippen LogP contribution in [0.5, 0.6) is 0 Å². The highest BCUT2D eigenvalue weighted by molar-refractivity contribution is 6.01. The highest BCUT2D eigenvalue weighted by atomic mass is 16.7. The molecule has 2 amide bonds. The lowest BCUT2D eigenvalue weighted by atomic mass is 9.80. The molecule has 0 aliphatic carbocycles. The van der Waals surface area contributed by atoms with Crippen LogP contribution in [-0.4, -0.2) is 42.5 Å². The Balaban J connectivity index is 1.20. The van der Waals surface area contributed by atoms with E-state index in [1.807, 2.05) is 0 Å². The van der Waals surface area contributed by atoms with E-state index >= 15 is 0 Å². The van der Waals surface area contributed by atoms with E-state index in [2.05, 4.69) is 119 Å². The monoisotopic (exact) mass is 582 g/mol. The normalized spacial score (nSPS) is 23.1. The van der Waals surface area contributed by atoms with Crippen LogP contribution in [0, 0.1) is 0 Å². The number of nitrogens with one attached hydrogen (secondary N) is 1. The number of likely N-dealkylation sites (N-methyl/N-ethyl adjacent to an activating group) is 1. The van der Waals surface area contributed by atoms with Gasteiger partial charge in [0.1, 0.15) is 11.7 Å². The Kier molecular flexibility index (Phi) is 8.74. The molecule has 1 N–H and O–H groups in total. The van der Waals surface area contributed by atoms with E-state index in [0.29, 0.717) is 11.5 Å². The van der Waals surface area contributed by atoms with Gasteiger partial charge in [-0.05, 0) is 63.0 Å². The van der Waals surface area contributed by atoms with Crippen LogP contribution in [-0.2, 0) is 30.1 Å². The quantitative estimate of drug-likeness (QED) is 0.229. The fourth-order valence-electron chi connectivity index (χ4n) is 7.00. The van der Waals surface area contributed by atoms with Crippen molar-refractivity contribution >= 4 is 29.2 Å². The number of carbonyl (C=O) groups is 3. The molecule has 0 radical (unpaired) electrons. The Morgan fingerprint density at radius 1 is 0.907 bits per heavy atom. The average Bonchev–Trinajstić information content (AvgIpc) is 3.48. The number of quaternary nitrogens is 1. The average molecular weight is 583 g/mol. The molecule has 2 aromatic rings. The maximum Gasteiger partial charge on any atom is 0.333 e. The number of carbonyl (C=O) groups excluding carboxylic acids is 3. The van der Waals surface area contributed by atoms with Crippen molar-refractivity contribution in [2.45, 2.75) is 83.1 Å². The first-order chi connectivity index (χ1) is 20.5. The van der Waals surface area contributed by atoms with E-state index in [4.69, 9.17) is 4.84 Å². The van der Waals surface area contributed by atoms with Crippen molar-refractivity contribution in [1.29, 1.82) is 0 Å². The molecule has 3 heterocycles. The number of fused-ring (bicyclic) bond motifs is 2. The number of unbranched alkanes of at least 4 members (excludes halogenated alkanes) is 2. The molecule has 0 saturated carbocycles. The predicted molar refractivity (Wildman–Crippen MR) is 169 cm³/mol. The van der Waals surface area contributed by atoms with Gasteiger partial charge in [-0.2, -0.15) is 0 Å². The summed E-state index contributed by atoms with van der Waals surface area (Å²) in [4.78, 5) is 44.3. The molecule has 7 heteroatoms. The van der Waals surface area contributed by atoms with Crippen LogP contribution in [0.2, 0.25) is 0 Å². The summed E-state index contributed by atoms with van der Waals surface area (Å²) < 4.78 is 0. The van der Waals surface area contributed by atoms with Crippen LogP contribution >= 0.6 is 0 Å². The van der Waals surface area contributed by atoms with E-state index in [0.717, 1.165) is 19.4 Å². The first kappa shape index (κ1) is 30.5. The third-order valence-corrected chi connectivity index (χ3v) is 9.37. The van der Waals surface area contributed by atoms with Crippen molar-refractivity contribution in [1.82, 2.24) is 5.06 Å². The molecular weight excluding hydrogens is 538 g/mol. The summed E-state index contributed by atoms with van der Waals surface area (Å²) in [5.74, 6) is -1.41. The van der Waals surface area contributed by atoms with Gasteiger partial charge in [0.2, 0.25) is 0 Å². The summed E-state index contributed by atoms with van der Waals surface area (Å²) in [6.07, 6.45) is 13.9. The number of para-hydroxylation sites is 2. The molecule has 2 unspecified atom stereocenters. The maximum absolute atomic E-state index is 12.2. The van der Waals surface area contributed by atoms with Gasteiger partial charge >= 0.3 is 5.97 Å². The van der Waals surface area contributed by atoms with Gasteiger partial charge in [0.15, 0.2) is 0 Å². The topological polar surface area (TPSA) is 71.4 Å². The minimum atomic E-state index is -0.526. The second-order valence-corrected chi connectivity index (χ2v) is 12.9. The van der Waals surface area contributed by atoms with E-state index < -0.39 is 17.8 Å². The molecular formula is C36H44N3O4+. The third-order valence-electron chi connectivity index (χ3n) is 9.37. The molecule has 3 aliphatic rings. The Morgan fingerprint density at radius 3 is 2.30 bits per heavy atom. The van der Waals surface area contributed by atoms with Crippen LogP contribution in [0.4, 0.5) is 11.4 Å². The van der Waals surface area contributed by atoms with Crippen LogP contribution in [0.15, 0.2) is 84.6 Å². The van der Waals surface area contributed by atoms with Gasteiger partial charge in [-0.3, -0.25) is 14.5 Å². The first-order valence-corrected chi connectivity index (χ1v) is 15.4. The number of rotatable bonds is 10. The highest BCUT2D eigenvalue weighted by Gasteiger charge is 2.47. The Labute approximate surface area is 255 Å². The lowest BCUT2D eigenvalue weighted by Gasteiger charge is -2.27. The molecule has 1 fully saturated rings. The van der Waals surface area contributed by atoms with Gasteiger partial charge in [-0.1, -0.05) is 68.5 Å². The Bertz CT molecular complexity index is 1470. The van der Waals surface area contributed by atoms with Crippen LogP contribution in [0.1, 0.15) is 77.3 Å². The van der Waals surface area contributed by atoms with Crippen molar-refractivity contribution in [2.24, 2.45) is 0 Å². The van der Waals surface area contributed by atoms with Gasteiger partial charge in [-0.15, -0.1) is 5.06 Å². The second-order valence-electron chi connectivity index (χ2n) is 12.9. The molecule has 43 heavy (non-hydrogen) atoms. The number of hydrogen-bond acceptors (Lipinski definition) is 5. The van der Waals surface area contributed by atoms with Crippen molar-refractivity contribution in [3.63, 3.8) is 0 Å². The molecule has 1 saturated heterocycles. The predicted octanol–water partition coefficient (Wildman–Crippen LogP) is 5.45. The summed E-state index contributed by atoms with van der Waals surface area (Å²) in [6.45, 7) is 10.2. The summed E-state index contributed by atoms with van der Waals surface area (Å²) in [7, 11) is 2.14. The van der Waals surface area contributed by atoms with Crippen molar-refractivity contribution in [3.05, 3.63) is 95.7 Å². The Morgan fingerprint density at radius 2 is 1.58 bits per heavy atom. The zero-order valence-corrected chi connectivity index (χ0v) is 26.1. The van der Waals surface area contributed by atoms with E-state index in [1.165, 1.54) is 33.1 Å². The molecule has 0 aromatic heterocycles. The van der Waals surface area contributed by atoms with Crippen LogP contribution in [0.3, 0.4) is 0 Å². The van der Waals surface area contributed by atoms with E-state index in [-0.39, 0.29) is 36.1 Å². The van der Waals surface area contributed by atoms with Crippen molar-refractivity contribution in [2.75, 3.05) is 18.5 Å². The molecule has 2 aromatic carbocycles. The molecule has 0 spiro atoms. The van der Waals surface area contributed by atoms with E-state index in [1.54, 1.807) is 0 Å². The zero-order chi connectivity index (χ0) is 30.8. The second kappa shape index (κ2) is 12.3. The maximum atomic E-state index is 12.2. The number of hydroxylamine groups is 2. The lowest BCUT2D eigenvalue weighted by molar-refractivity contribution is -0.850. The number of imide groups is 1. The van der Waals surface area contributed by atoms with Gasteiger partial charge in [0.25, 0.3) is 11.8 Å². The van der Waals surface area contributed by atoms with Crippen LogP contribution in [0.25, 0.3) is 0 Å². The summed E-state index contributed by atoms with van der Waals surface area (Å²) >= 11 is 0. The largest absolute Gasteiger partial charge is 0.347 e. The minimum Gasteiger partial charge on any atom is -0.347 e. The third kappa shape index (κ3) is 5.96. The molecule has 2 atom stereocenters. The summed E-state index contributed by atoms with van der Waals surface area (Å²) in [5.41, 5.74) is 6.54. The fourth-order valence-corrected chi connectivity index (χ4v) is 7.00. The fraction of sp³-hybridized carbons (Fsp3) is 0.417. The zero-order valence-electron chi connectivity index (χ0n) is 26.1. The van der Waals surface area contributed by atoms with Crippen LogP contribution < -0.4 is 9.80 Å². The SMILES string of the molecule is CN1\C(=C/C=C/C=C/C2[NH+](CCCCCC(=O)ON3C(=O)CCC3=O)c3ccccc3C2(C)C)C(C)(C)c2ccccc21.